The minimum Gasteiger partial charge on any atom is -0.618 e. The first kappa shape index (κ1) is 18.9. The first-order chi connectivity index (χ1) is 13.7. The Labute approximate surface area is 167 Å². The molecule has 1 aromatic carbocycles. The number of nitrogens with one attached hydrogen (secondary N) is 1. The lowest BCUT2D eigenvalue weighted by Crippen LogP contribution is -2.32. The lowest BCUT2D eigenvalue weighted by Gasteiger charge is -2.12. The monoisotopic (exact) mass is 401 g/mol. The average Bonchev–Trinajstić information content (AvgIpc) is 3.30. The number of thioether (sulfide) groups is 1. The Morgan fingerprint density at radius 3 is 3.11 bits per heavy atom. The number of H-pyrrole nitrogens is 1. The van der Waals surface area contributed by atoms with Gasteiger partial charge in [-0.25, -0.2) is 4.98 Å². The highest BCUT2D eigenvalue weighted by molar-refractivity contribution is 7.98. The van der Waals surface area contributed by atoms with Gasteiger partial charge in [0.2, 0.25) is 5.69 Å². The Morgan fingerprint density at radius 1 is 1.36 bits per heavy atom. The maximum atomic E-state index is 12.3. The smallest absolute Gasteiger partial charge is 0.209 e. The van der Waals surface area contributed by atoms with Gasteiger partial charge in [-0.2, -0.15) is 4.73 Å². The van der Waals surface area contributed by atoms with Crippen LogP contribution in [-0.4, -0.2) is 36.9 Å². The fraction of sp³-hybridized carbons (Fsp3) is 0.400. The van der Waals surface area contributed by atoms with Crippen molar-refractivity contribution in [1.29, 1.82) is 0 Å². The van der Waals surface area contributed by atoms with Crippen LogP contribution in [0.15, 0.2) is 29.6 Å². The van der Waals surface area contributed by atoms with Crippen LogP contribution in [0.3, 0.4) is 0 Å². The van der Waals surface area contributed by atoms with Crippen molar-refractivity contribution in [3.63, 3.8) is 0 Å². The predicted molar refractivity (Wildman–Crippen MR) is 107 cm³/mol. The second-order valence-corrected chi connectivity index (χ2v) is 7.64. The van der Waals surface area contributed by atoms with Gasteiger partial charge in [-0.1, -0.05) is 11.8 Å². The molecule has 0 amide bonds. The zero-order valence-corrected chi connectivity index (χ0v) is 16.8. The molecular formula is C20H23N3O4S. The molecule has 3 aromatic rings. The van der Waals surface area contributed by atoms with E-state index < -0.39 is 0 Å². The van der Waals surface area contributed by atoms with Gasteiger partial charge in [-0.15, -0.1) is 0 Å². The van der Waals surface area contributed by atoms with Gasteiger partial charge in [0.1, 0.15) is 11.5 Å². The second kappa shape index (κ2) is 8.28. The standard InChI is InChI=1S/C20H23N3O4S/c1-13-17(23(24)6-4-18(13)26-8-3-7-25-2)12-28-20-21-15-10-14-5-9-27-19(14)11-16(15)22-20/h4,6,10-11H,3,5,7-9,12H2,1-2H3,(H,21,22). The van der Waals surface area contributed by atoms with Crippen molar-refractivity contribution >= 4 is 22.8 Å². The van der Waals surface area contributed by atoms with E-state index in [0.717, 1.165) is 57.4 Å². The van der Waals surface area contributed by atoms with Crippen LogP contribution in [0.25, 0.3) is 11.0 Å². The molecule has 0 bridgehead atoms. The van der Waals surface area contributed by atoms with Gasteiger partial charge in [0, 0.05) is 38.7 Å². The molecule has 2 aromatic heterocycles. The van der Waals surface area contributed by atoms with Crippen molar-refractivity contribution in [3.8, 4) is 11.5 Å². The first-order valence-corrected chi connectivity index (χ1v) is 10.3. The predicted octanol–water partition coefficient (Wildman–Crippen LogP) is 3.15. The number of rotatable bonds is 8. The van der Waals surface area contributed by atoms with Gasteiger partial charge in [0.15, 0.2) is 11.4 Å². The fourth-order valence-electron chi connectivity index (χ4n) is 3.24. The van der Waals surface area contributed by atoms with E-state index in [1.807, 2.05) is 13.0 Å². The van der Waals surface area contributed by atoms with E-state index in [-0.39, 0.29) is 0 Å². The second-order valence-electron chi connectivity index (χ2n) is 6.68. The number of imidazole rings is 1. The largest absolute Gasteiger partial charge is 0.618 e. The molecule has 3 heterocycles. The number of aromatic amines is 1. The molecule has 0 saturated carbocycles. The maximum Gasteiger partial charge on any atom is 0.209 e. The summed E-state index contributed by atoms with van der Waals surface area (Å²) in [6.07, 6.45) is 3.23. The molecule has 0 aliphatic carbocycles. The third-order valence-electron chi connectivity index (χ3n) is 4.80. The summed E-state index contributed by atoms with van der Waals surface area (Å²) < 4.78 is 17.3. The molecule has 0 atom stereocenters. The van der Waals surface area contributed by atoms with Crippen molar-refractivity contribution in [2.75, 3.05) is 26.9 Å². The zero-order valence-electron chi connectivity index (χ0n) is 16.0. The molecule has 7 nitrogen and oxygen atoms in total. The van der Waals surface area contributed by atoms with E-state index in [1.165, 1.54) is 23.5 Å². The van der Waals surface area contributed by atoms with Gasteiger partial charge in [0.25, 0.3) is 0 Å². The first-order valence-electron chi connectivity index (χ1n) is 9.27. The summed E-state index contributed by atoms with van der Waals surface area (Å²) in [5.74, 6) is 2.15. The zero-order chi connectivity index (χ0) is 19.5. The molecule has 148 valence electrons. The highest BCUT2D eigenvalue weighted by Crippen LogP contribution is 2.32. The van der Waals surface area contributed by atoms with Crippen LogP contribution in [0.2, 0.25) is 0 Å². The summed E-state index contributed by atoms with van der Waals surface area (Å²) in [4.78, 5) is 7.97. The number of ether oxygens (including phenoxy) is 3. The minimum absolute atomic E-state index is 0.501. The van der Waals surface area contributed by atoms with Crippen LogP contribution in [0, 0.1) is 12.1 Å². The quantitative estimate of drug-likeness (QED) is 0.270. The van der Waals surface area contributed by atoms with Crippen LogP contribution in [-0.2, 0) is 16.9 Å². The van der Waals surface area contributed by atoms with E-state index >= 15 is 0 Å². The summed E-state index contributed by atoms with van der Waals surface area (Å²) in [7, 11) is 1.67. The number of benzene rings is 1. The Kier molecular flexibility index (Phi) is 5.59. The summed E-state index contributed by atoms with van der Waals surface area (Å²) in [6.45, 7) is 3.85. The van der Waals surface area contributed by atoms with Crippen LogP contribution >= 0.6 is 11.8 Å². The topological polar surface area (TPSA) is 83.3 Å². The Morgan fingerprint density at radius 2 is 2.25 bits per heavy atom. The molecule has 0 fully saturated rings. The van der Waals surface area contributed by atoms with Crippen molar-refractivity contribution in [2.45, 2.75) is 30.7 Å². The lowest BCUT2D eigenvalue weighted by molar-refractivity contribution is -0.613. The number of pyridine rings is 1. The molecule has 1 N–H and O–H groups in total. The van der Waals surface area contributed by atoms with Gasteiger partial charge >= 0.3 is 0 Å². The molecule has 1 aliphatic rings. The third-order valence-corrected chi connectivity index (χ3v) is 5.68. The Hall–Kier alpha value is -2.45. The van der Waals surface area contributed by atoms with E-state index in [4.69, 9.17) is 14.2 Å². The molecule has 28 heavy (non-hydrogen) atoms. The molecule has 1 aliphatic heterocycles. The van der Waals surface area contributed by atoms with E-state index in [0.29, 0.717) is 24.7 Å². The molecule has 0 radical (unpaired) electrons. The molecule has 0 unspecified atom stereocenters. The molecule has 8 heteroatoms. The van der Waals surface area contributed by atoms with Crippen molar-refractivity contribution < 1.29 is 18.9 Å². The van der Waals surface area contributed by atoms with Crippen LogP contribution < -0.4 is 14.2 Å². The molecule has 4 rings (SSSR count). The number of hydrogen-bond acceptors (Lipinski definition) is 6. The number of fused-ring (bicyclic) bond motifs is 2. The van der Waals surface area contributed by atoms with Crippen LogP contribution in [0.4, 0.5) is 0 Å². The van der Waals surface area contributed by atoms with Gasteiger partial charge < -0.3 is 24.4 Å². The van der Waals surface area contributed by atoms with Crippen molar-refractivity contribution in [1.82, 2.24) is 9.97 Å². The molecular weight excluding hydrogens is 378 g/mol. The molecule has 0 spiro atoms. The van der Waals surface area contributed by atoms with E-state index in [9.17, 15) is 5.21 Å². The number of aromatic nitrogens is 3. The van der Waals surface area contributed by atoms with Gasteiger partial charge in [-0.05, 0) is 18.6 Å². The third kappa shape index (κ3) is 3.88. The fourth-order valence-corrected chi connectivity index (χ4v) is 4.20. The van der Waals surface area contributed by atoms with Crippen LogP contribution in [0.5, 0.6) is 11.5 Å². The highest BCUT2D eigenvalue weighted by Gasteiger charge is 2.18. The maximum absolute atomic E-state index is 12.3. The average molecular weight is 401 g/mol. The number of nitrogens with zero attached hydrogens (tertiary/aromatic N) is 2. The number of methoxy groups -OCH3 is 1. The molecule has 0 saturated heterocycles. The Balaban J connectivity index is 1.47. The normalized spacial score (nSPS) is 12.9. The van der Waals surface area contributed by atoms with Gasteiger partial charge in [-0.3, -0.25) is 0 Å². The van der Waals surface area contributed by atoms with Crippen molar-refractivity contribution in [2.24, 2.45) is 0 Å². The lowest BCUT2D eigenvalue weighted by atomic mass is 10.1. The van der Waals surface area contributed by atoms with E-state index in [2.05, 4.69) is 16.0 Å². The highest BCUT2D eigenvalue weighted by atomic mass is 32.2. The van der Waals surface area contributed by atoms with Gasteiger partial charge in [0.05, 0.1) is 35.6 Å². The van der Waals surface area contributed by atoms with E-state index in [1.54, 1.807) is 13.2 Å². The van der Waals surface area contributed by atoms with Crippen LogP contribution in [0.1, 0.15) is 23.2 Å². The number of hydrogen-bond donors (Lipinski definition) is 1. The van der Waals surface area contributed by atoms with Crippen molar-refractivity contribution in [3.05, 3.63) is 46.4 Å². The summed E-state index contributed by atoms with van der Waals surface area (Å²) in [6, 6.07) is 5.79. The minimum atomic E-state index is 0.501. The summed E-state index contributed by atoms with van der Waals surface area (Å²) >= 11 is 1.50. The Bertz CT molecular complexity index is 948. The summed E-state index contributed by atoms with van der Waals surface area (Å²) in [5, 5.41) is 13.1. The SMILES string of the molecule is COCCCOc1cc[n+]([O-])c(CSc2nc3cc4c(cc3[nH]2)CCO4)c1C. The summed E-state index contributed by atoms with van der Waals surface area (Å²) in [5.41, 5.74) is 4.60.